The number of amides is 1. The van der Waals surface area contributed by atoms with Crippen molar-refractivity contribution in [1.82, 2.24) is 5.32 Å². The van der Waals surface area contributed by atoms with Gasteiger partial charge in [-0.2, -0.15) is 0 Å². The highest BCUT2D eigenvalue weighted by atomic mass is 35.5. The van der Waals surface area contributed by atoms with Crippen molar-refractivity contribution in [3.63, 3.8) is 0 Å². The van der Waals surface area contributed by atoms with Crippen molar-refractivity contribution in [2.24, 2.45) is 0 Å². The summed E-state index contributed by atoms with van der Waals surface area (Å²) in [6.45, 7) is 0.862. The molecule has 0 unspecified atom stereocenters. The second kappa shape index (κ2) is 10.0. The van der Waals surface area contributed by atoms with Gasteiger partial charge in [0, 0.05) is 18.0 Å². The predicted octanol–water partition coefficient (Wildman–Crippen LogP) is 2.87. The summed E-state index contributed by atoms with van der Waals surface area (Å²) in [5, 5.41) is 11.8. The smallest absolute Gasteiger partial charge is 0.303 e. The molecule has 0 radical (unpaired) electrons. The molecule has 0 fully saturated rings. The third kappa shape index (κ3) is 8.92. The van der Waals surface area contributed by atoms with Gasteiger partial charge >= 0.3 is 5.97 Å². The lowest BCUT2D eigenvalue weighted by Gasteiger charge is -2.07. The predicted molar refractivity (Wildman–Crippen MR) is 80.7 cm³/mol. The molecule has 0 aliphatic rings. The van der Waals surface area contributed by atoms with Crippen LogP contribution in [0.3, 0.4) is 0 Å². The minimum atomic E-state index is -0.780. The van der Waals surface area contributed by atoms with Crippen molar-refractivity contribution in [2.45, 2.75) is 32.1 Å². The molecule has 2 N–H and O–H groups in total. The lowest BCUT2D eigenvalue weighted by Crippen LogP contribution is -2.25. The summed E-state index contributed by atoms with van der Waals surface area (Å²) >= 11 is 5.82. The summed E-state index contributed by atoms with van der Waals surface area (Å²) in [5.74, 6) is -0.212. The number of halogens is 1. The van der Waals surface area contributed by atoms with Crippen molar-refractivity contribution < 1.29 is 19.4 Å². The van der Waals surface area contributed by atoms with E-state index in [-0.39, 0.29) is 18.7 Å². The van der Waals surface area contributed by atoms with Crippen LogP contribution in [0.15, 0.2) is 24.3 Å². The fourth-order valence-electron chi connectivity index (χ4n) is 1.71. The third-order valence-electron chi connectivity index (χ3n) is 2.78. The Labute approximate surface area is 129 Å². The van der Waals surface area contributed by atoms with Gasteiger partial charge in [0.05, 0.1) is 13.0 Å². The number of hydrogen-bond donors (Lipinski definition) is 2. The van der Waals surface area contributed by atoms with E-state index in [9.17, 15) is 9.59 Å². The number of ether oxygens (including phenoxy) is 1. The summed E-state index contributed by atoms with van der Waals surface area (Å²) in [6, 6.07) is 7.02. The molecule has 6 heteroatoms. The van der Waals surface area contributed by atoms with E-state index in [0.717, 1.165) is 12.8 Å². The van der Waals surface area contributed by atoms with Crippen LogP contribution >= 0.6 is 11.6 Å². The molecule has 0 aromatic heterocycles. The first-order valence-electron chi connectivity index (χ1n) is 6.95. The number of benzene rings is 1. The maximum Gasteiger partial charge on any atom is 0.303 e. The van der Waals surface area contributed by atoms with Crippen molar-refractivity contribution >= 4 is 23.5 Å². The molecule has 0 aliphatic heterocycles. The normalized spacial score (nSPS) is 10.1. The number of carbonyl (C=O) groups excluding carboxylic acids is 1. The molecule has 5 nitrogen and oxygen atoms in total. The number of nitrogens with one attached hydrogen (secondary N) is 1. The van der Waals surface area contributed by atoms with E-state index in [1.54, 1.807) is 24.3 Å². The monoisotopic (exact) mass is 313 g/mol. The molecule has 1 rings (SSSR count). The van der Waals surface area contributed by atoms with Gasteiger partial charge in [-0.25, -0.2) is 0 Å². The quantitative estimate of drug-likeness (QED) is 0.651. The van der Waals surface area contributed by atoms with Crippen LogP contribution in [0.4, 0.5) is 0 Å². The highest BCUT2D eigenvalue weighted by Gasteiger charge is 2.02. The number of carboxylic acid groups (broad SMARTS) is 1. The molecule has 1 amide bonds. The Morgan fingerprint density at radius 2 is 2.00 bits per heavy atom. The molecule has 1 aromatic rings. The van der Waals surface area contributed by atoms with Crippen LogP contribution in [0.25, 0.3) is 0 Å². The van der Waals surface area contributed by atoms with Gasteiger partial charge in [-0.05, 0) is 31.0 Å². The van der Waals surface area contributed by atoms with Crippen LogP contribution in [0.1, 0.15) is 32.1 Å². The van der Waals surface area contributed by atoms with Gasteiger partial charge in [0.25, 0.3) is 0 Å². The van der Waals surface area contributed by atoms with Crippen LogP contribution in [-0.2, 0) is 9.59 Å². The average molecular weight is 314 g/mol. The average Bonchev–Trinajstić information content (AvgIpc) is 2.42. The molecule has 0 aliphatic carbocycles. The van der Waals surface area contributed by atoms with Gasteiger partial charge in [0.1, 0.15) is 5.75 Å². The second-order valence-corrected chi connectivity index (χ2v) is 5.05. The maximum absolute atomic E-state index is 11.5. The first-order chi connectivity index (χ1) is 10.1. The van der Waals surface area contributed by atoms with Crippen molar-refractivity contribution in [3.05, 3.63) is 29.3 Å². The Hall–Kier alpha value is -1.75. The van der Waals surface area contributed by atoms with Crippen molar-refractivity contribution in [3.8, 4) is 5.75 Å². The minimum Gasteiger partial charge on any atom is -0.493 e. The fraction of sp³-hybridized carbons (Fsp3) is 0.467. The van der Waals surface area contributed by atoms with Gasteiger partial charge in [0.15, 0.2) is 0 Å². The molecule has 0 bridgehead atoms. The molecule has 0 heterocycles. The van der Waals surface area contributed by atoms with Gasteiger partial charge in [-0.3, -0.25) is 9.59 Å². The molecule has 116 valence electrons. The van der Waals surface area contributed by atoms with E-state index >= 15 is 0 Å². The van der Waals surface area contributed by atoms with Gasteiger partial charge in [0.2, 0.25) is 5.91 Å². The number of aliphatic carboxylic acids is 1. The van der Waals surface area contributed by atoms with Gasteiger partial charge in [-0.15, -0.1) is 0 Å². The zero-order valence-corrected chi connectivity index (χ0v) is 12.6. The summed E-state index contributed by atoms with van der Waals surface area (Å²) in [7, 11) is 0. The van der Waals surface area contributed by atoms with E-state index < -0.39 is 5.97 Å². The van der Waals surface area contributed by atoms with Crippen LogP contribution < -0.4 is 10.1 Å². The summed E-state index contributed by atoms with van der Waals surface area (Å²) in [5.41, 5.74) is 0. The van der Waals surface area contributed by atoms with Crippen molar-refractivity contribution in [1.29, 1.82) is 0 Å². The van der Waals surface area contributed by atoms with Crippen LogP contribution in [0.5, 0.6) is 5.75 Å². The molecule has 1 aromatic carbocycles. The second-order valence-electron chi connectivity index (χ2n) is 4.61. The largest absolute Gasteiger partial charge is 0.493 e. The van der Waals surface area contributed by atoms with Crippen molar-refractivity contribution in [2.75, 3.05) is 13.2 Å². The topological polar surface area (TPSA) is 75.6 Å². The minimum absolute atomic E-state index is 0.0738. The van der Waals surface area contributed by atoms with E-state index in [0.29, 0.717) is 30.3 Å². The van der Waals surface area contributed by atoms with Crippen LogP contribution in [-0.4, -0.2) is 30.1 Å². The number of unbranched alkanes of at least 4 members (excludes halogenated alkanes) is 2. The zero-order chi connectivity index (χ0) is 15.5. The maximum atomic E-state index is 11.5. The Morgan fingerprint density at radius 1 is 1.19 bits per heavy atom. The fourth-order valence-corrected chi connectivity index (χ4v) is 1.89. The van der Waals surface area contributed by atoms with Crippen LogP contribution in [0.2, 0.25) is 5.02 Å². The molecule has 0 saturated carbocycles. The zero-order valence-electron chi connectivity index (χ0n) is 11.8. The molecule has 0 spiro atoms. The standard InChI is InChI=1S/C15H20ClNO4/c16-12-5-4-6-13(11-12)21-10-8-14(18)17-9-3-1-2-7-15(19)20/h4-6,11H,1-3,7-10H2,(H,17,18)(H,19,20). The summed E-state index contributed by atoms with van der Waals surface area (Å²) in [6.07, 6.45) is 2.69. The molecular weight excluding hydrogens is 294 g/mol. The highest BCUT2D eigenvalue weighted by Crippen LogP contribution is 2.17. The molecule has 0 atom stereocenters. The van der Waals surface area contributed by atoms with Gasteiger partial charge < -0.3 is 15.2 Å². The van der Waals surface area contributed by atoms with Gasteiger partial charge in [-0.1, -0.05) is 24.1 Å². The Bertz CT molecular complexity index is 465. The lowest BCUT2D eigenvalue weighted by molar-refractivity contribution is -0.137. The Balaban J connectivity index is 2.02. The molecular formula is C15H20ClNO4. The number of carbonyl (C=O) groups is 2. The Morgan fingerprint density at radius 3 is 2.71 bits per heavy atom. The summed E-state index contributed by atoms with van der Waals surface area (Å²) < 4.78 is 5.42. The molecule has 0 saturated heterocycles. The first-order valence-corrected chi connectivity index (χ1v) is 7.32. The highest BCUT2D eigenvalue weighted by molar-refractivity contribution is 6.30. The first kappa shape index (κ1) is 17.3. The van der Waals surface area contributed by atoms with E-state index in [1.165, 1.54) is 0 Å². The Kier molecular flexibility index (Phi) is 8.28. The number of rotatable bonds is 10. The third-order valence-corrected chi connectivity index (χ3v) is 3.02. The molecule has 21 heavy (non-hydrogen) atoms. The van der Waals surface area contributed by atoms with E-state index in [1.807, 2.05) is 0 Å². The van der Waals surface area contributed by atoms with E-state index in [4.69, 9.17) is 21.4 Å². The SMILES string of the molecule is O=C(O)CCCCCNC(=O)CCOc1cccc(Cl)c1. The van der Waals surface area contributed by atoms with E-state index in [2.05, 4.69) is 5.32 Å². The number of hydrogen-bond acceptors (Lipinski definition) is 3. The number of carboxylic acids is 1. The van der Waals surface area contributed by atoms with Crippen LogP contribution in [0, 0.1) is 0 Å². The lowest BCUT2D eigenvalue weighted by atomic mass is 10.2. The summed E-state index contributed by atoms with van der Waals surface area (Å²) in [4.78, 5) is 21.8.